The molecule has 28 heavy (non-hydrogen) atoms. The van der Waals surface area contributed by atoms with Crippen LogP contribution in [0.15, 0.2) is 70.4 Å². The molecule has 0 spiro atoms. The van der Waals surface area contributed by atoms with E-state index in [0.29, 0.717) is 18.6 Å². The van der Waals surface area contributed by atoms with Gasteiger partial charge in [-0.3, -0.25) is 4.79 Å². The summed E-state index contributed by atoms with van der Waals surface area (Å²) in [5.41, 5.74) is 4.17. The molecule has 1 N–H and O–H groups in total. The first-order valence-corrected chi connectivity index (χ1v) is 10.5. The van der Waals surface area contributed by atoms with Gasteiger partial charge in [0.15, 0.2) is 5.78 Å². The van der Waals surface area contributed by atoms with Crippen molar-refractivity contribution in [3.05, 3.63) is 80.8 Å². The highest BCUT2D eigenvalue weighted by Gasteiger charge is 2.41. The summed E-state index contributed by atoms with van der Waals surface area (Å²) in [6.45, 7) is 4.00. The number of hydrogen-bond donors (Lipinski definition) is 1. The maximum atomic E-state index is 13.3. The number of carbonyl (C=O) groups excluding carboxylic acids is 2. The Kier molecular flexibility index (Phi) is 5.18. The molecule has 0 unspecified atom stereocenters. The smallest absolute Gasteiger partial charge is 0.336 e. The highest BCUT2D eigenvalue weighted by atomic mass is 32.1. The zero-order valence-corrected chi connectivity index (χ0v) is 16.8. The molecule has 2 aliphatic rings. The second-order valence-electron chi connectivity index (χ2n) is 7.16. The number of Topliss-reactive ketones (excluding diaryl/α,β-unsaturated/α-hetero) is 1. The van der Waals surface area contributed by atoms with Crippen LogP contribution in [0.3, 0.4) is 0 Å². The maximum absolute atomic E-state index is 13.3. The van der Waals surface area contributed by atoms with Crippen molar-refractivity contribution in [1.29, 1.82) is 0 Å². The van der Waals surface area contributed by atoms with Crippen LogP contribution in [0.25, 0.3) is 0 Å². The number of benzene rings is 1. The monoisotopic (exact) mass is 393 g/mol. The van der Waals surface area contributed by atoms with E-state index in [1.165, 1.54) is 5.56 Å². The number of esters is 1. The molecule has 2 aromatic rings. The van der Waals surface area contributed by atoms with Crippen LogP contribution in [0.5, 0.6) is 0 Å². The fourth-order valence-electron chi connectivity index (χ4n) is 4.22. The molecule has 4 nitrogen and oxygen atoms in total. The van der Waals surface area contributed by atoms with E-state index < -0.39 is 0 Å². The average Bonchev–Trinajstić information content (AvgIpc) is 3.22. The highest BCUT2D eigenvalue weighted by molar-refractivity contribution is 7.10. The van der Waals surface area contributed by atoms with Crippen LogP contribution in [-0.2, 0) is 14.3 Å². The number of ether oxygens (including phenoxy) is 1. The number of hydrogen-bond acceptors (Lipinski definition) is 5. The van der Waals surface area contributed by atoms with Crippen molar-refractivity contribution in [3.8, 4) is 0 Å². The SMILES string of the molecule is CCOC(=O)C1=C(C)NC2=C(C(=O)C[C@H](c3ccccc3)C2)[C@@H]1c1cccs1. The largest absolute Gasteiger partial charge is 0.463 e. The van der Waals surface area contributed by atoms with Gasteiger partial charge in [0.2, 0.25) is 0 Å². The van der Waals surface area contributed by atoms with Gasteiger partial charge in [-0.25, -0.2) is 4.79 Å². The number of ketones is 1. The van der Waals surface area contributed by atoms with Crippen LogP contribution in [0, 0.1) is 0 Å². The van der Waals surface area contributed by atoms with Crippen molar-refractivity contribution in [2.24, 2.45) is 0 Å². The summed E-state index contributed by atoms with van der Waals surface area (Å²) in [7, 11) is 0. The minimum atomic E-state index is -0.351. The topological polar surface area (TPSA) is 55.4 Å². The normalized spacial score (nSPS) is 22.0. The van der Waals surface area contributed by atoms with Gasteiger partial charge in [0, 0.05) is 28.3 Å². The number of allylic oxidation sites excluding steroid dienone is 3. The molecule has 4 rings (SSSR count). The van der Waals surface area contributed by atoms with Crippen LogP contribution < -0.4 is 5.32 Å². The Labute approximate surface area is 168 Å². The predicted octanol–water partition coefficient (Wildman–Crippen LogP) is 4.67. The quantitative estimate of drug-likeness (QED) is 0.767. The molecule has 1 aromatic heterocycles. The first-order chi connectivity index (χ1) is 13.6. The van der Waals surface area contributed by atoms with E-state index in [-0.39, 0.29) is 23.6 Å². The summed E-state index contributed by atoms with van der Waals surface area (Å²) < 4.78 is 5.32. The molecule has 1 aliphatic carbocycles. The molecule has 0 bridgehead atoms. The Morgan fingerprint density at radius 1 is 1.18 bits per heavy atom. The lowest BCUT2D eigenvalue weighted by molar-refractivity contribution is -0.138. The van der Waals surface area contributed by atoms with Gasteiger partial charge in [0.05, 0.1) is 18.1 Å². The van der Waals surface area contributed by atoms with Crippen LogP contribution in [0.1, 0.15) is 49.0 Å². The van der Waals surface area contributed by atoms with Crippen LogP contribution in [0.2, 0.25) is 0 Å². The molecule has 2 atom stereocenters. The van der Waals surface area contributed by atoms with Crippen molar-refractivity contribution in [2.45, 2.75) is 38.5 Å². The van der Waals surface area contributed by atoms with Crippen molar-refractivity contribution in [2.75, 3.05) is 6.61 Å². The van der Waals surface area contributed by atoms with Crippen molar-refractivity contribution >= 4 is 23.1 Å². The van der Waals surface area contributed by atoms with Gasteiger partial charge in [-0.1, -0.05) is 36.4 Å². The number of thiophene rings is 1. The van der Waals surface area contributed by atoms with Crippen molar-refractivity contribution in [1.82, 2.24) is 5.32 Å². The minimum Gasteiger partial charge on any atom is -0.463 e. The second-order valence-corrected chi connectivity index (χ2v) is 8.14. The number of carbonyl (C=O) groups is 2. The van der Waals surface area contributed by atoms with Crippen molar-refractivity contribution < 1.29 is 14.3 Å². The molecular weight excluding hydrogens is 370 g/mol. The fraction of sp³-hybridized carbons (Fsp3) is 0.304. The standard InChI is InChI=1S/C23H23NO3S/c1-3-27-23(26)20-14(2)24-17-12-16(15-8-5-4-6-9-15)13-18(25)21(17)22(20)19-10-7-11-28-19/h4-11,16,22,24H,3,12-13H2,1-2H3/t16-,22-/m1/s1. The first-order valence-electron chi connectivity index (χ1n) is 9.59. The van der Waals surface area contributed by atoms with Crippen LogP contribution in [0.4, 0.5) is 0 Å². The molecule has 0 amide bonds. The lowest BCUT2D eigenvalue weighted by Crippen LogP contribution is -2.35. The van der Waals surface area contributed by atoms with E-state index in [2.05, 4.69) is 17.4 Å². The second kappa shape index (κ2) is 7.76. The molecule has 0 fully saturated rings. The third-order valence-corrected chi connectivity index (χ3v) is 6.36. The highest BCUT2D eigenvalue weighted by Crippen LogP contribution is 2.46. The van der Waals surface area contributed by atoms with E-state index in [9.17, 15) is 9.59 Å². The maximum Gasteiger partial charge on any atom is 0.336 e. The van der Waals surface area contributed by atoms with Gasteiger partial charge in [0.25, 0.3) is 0 Å². The zero-order valence-electron chi connectivity index (χ0n) is 16.0. The third kappa shape index (κ3) is 3.31. The van der Waals surface area contributed by atoms with Gasteiger partial charge in [0.1, 0.15) is 0 Å². The molecular formula is C23H23NO3S. The molecule has 0 saturated heterocycles. The Morgan fingerprint density at radius 3 is 2.64 bits per heavy atom. The number of nitrogens with one attached hydrogen (secondary N) is 1. The zero-order chi connectivity index (χ0) is 19.7. The van der Waals surface area contributed by atoms with Gasteiger partial charge in [-0.2, -0.15) is 0 Å². The molecule has 2 heterocycles. The first kappa shape index (κ1) is 18.7. The average molecular weight is 394 g/mol. The molecule has 5 heteroatoms. The summed E-state index contributed by atoms with van der Waals surface area (Å²) in [4.78, 5) is 27.0. The van der Waals surface area contributed by atoms with E-state index in [0.717, 1.165) is 28.3 Å². The summed E-state index contributed by atoms with van der Waals surface area (Å²) in [5.74, 6) is -0.439. The summed E-state index contributed by atoms with van der Waals surface area (Å²) in [5, 5.41) is 5.35. The van der Waals surface area contributed by atoms with Gasteiger partial charge < -0.3 is 10.1 Å². The van der Waals surface area contributed by atoms with Crippen molar-refractivity contribution in [3.63, 3.8) is 0 Å². The third-order valence-electron chi connectivity index (χ3n) is 5.42. The van der Waals surface area contributed by atoms with Crippen LogP contribution in [-0.4, -0.2) is 18.4 Å². The van der Waals surface area contributed by atoms with Gasteiger partial charge in [-0.15, -0.1) is 11.3 Å². The molecule has 144 valence electrons. The van der Waals surface area contributed by atoms with E-state index in [1.807, 2.05) is 42.6 Å². The Bertz CT molecular complexity index is 957. The van der Waals surface area contributed by atoms with E-state index >= 15 is 0 Å². The summed E-state index contributed by atoms with van der Waals surface area (Å²) in [6.07, 6.45) is 1.22. The lowest BCUT2D eigenvalue weighted by atomic mass is 9.73. The number of rotatable bonds is 4. The van der Waals surface area contributed by atoms with Gasteiger partial charge >= 0.3 is 5.97 Å². The van der Waals surface area contributed by atoms with E-state index in [1.54, 1.807) is 18.3 Å². The van der Waals surface area contributed by atoms with E-state index in [4.69, 9.17) is 4.74 Å². The lowest BCUT2D eigenvalue weighted by Gasteiger charge is -2.36. The molecule has 0 radical (unpaired) electrons. The Balaban J connectivity index is 1.77. The summed E-state index contributed by atoms with van der Waals surface area (Å²) >= 11 is 1.57. The molecule has 0 saturated carbocycles. The predicted molar refractivity (Wildman–Crippen MR) is 110 cm³/mol. The Hall–Kier alpha value is -2.66. The fourth-order valence-corrected chi connectivity index (χ4v) is 5.06. The van der Waals surface area contributed by atoms with Gasteiger partial charge in [-0.05, 0) is 43.2 Å². The molecule has 1 aliphatic heterocycles. The number of dihydropyridines is 1. The van der Waals surface area contributed by atoms with Crippen LogP contribution >= 0.6 is 11.3 Å². The minimum absolute atomic E-state index is 0.107. The Morgan fingerprint density at radius 2 is 1.96 bits per heavy atom. The summed E-state index contributed by atoms with van der Waals surface area (Å²) in [6, 6.07) is 14.1. The molecule has 1 aromatic carbocycles.